The van der Waals surface area contributed by atoms with Crippen molar-refractivity contribution in [2.75, 3.05) is 5.75 Å². The molecule has 2 aromatic carbocycles. The molecule has 0 aliphatic heterocycles. The van der Waals surface area contributed by atoms with Crippen molar-refractivity contribution in [1.29, 1.82) is 0 Å². The fourth-order valence-electron chi connectivity index (χ4n) is 2.63. The van der Waals surface area contributed by atoms with Crippen LogP contribution in [0.1, 0.15) is 21.5 Å². The standard InChI is InChI=1S/C20H18N2O2S/c1-14-10-15(2)12-17(11-14)22-9-8-21-19(20(22)24)25-13-18(23)16-6-4-3-5-7-16/h3-12H,13H2,1-2H3. The molecule has 0 fully saturated rings. The van der Waals surface area contributed by atoms with Crippen LogP contribution in [0.5, 0.6) is 0 Å². The summed E-state index contributed by atoms with van der Waals surface area (Å²) in [5.41, 5.74) is 3.42. The average Bonchev–Trinajstić information content (AvgIpc) is 2.60. The number of carbonyl (C=O) groups excluding carboxylic acids is 1. The Kier molecular flexibility index (Phi) is 5.14. The molecule has 25 heavy (non-hydrogen) atoms. The largest absolute Gasteiger partial charge is 0.293 e. The van der Waals surface area contributed by atoms with E-state index < -0.39 is 0 Å². The molecule has 4 nitrogen and oxygen atoms in total. The highest BCUT2D eigenvalue weighted by Crippen LogP contribution is 2.16. The van der Waals surface area contributed by atoms with E-state index in [0.717, 1.165) is 16.8 Å². The van der Waals surface area contributed by atoms with Crippen LogP contribution in [-0.4, -0.2) is 21.1 Å². The van der Waals surface area contributed by atoms with Crippen LogP contribution in [0.15, 0.2) is 70.7 Å². The molecule has 1 aromatic heterocycles. The highest BCUT2D eigenvalue weighted by atomic mass is 32.2. The Hall–Kier alpha value is -2.66. The number of hydrogen-bond acceptors (Lipinski definition) is 4. The molecule has 3 aromatic rings. The maximum atomic E-state index is 12.7. The zero-order chi connectivity index (χ0) is 17.8. The van der Waals surface area contributed by atoms with Crippen LogP contribution in [0.4, 0.5) is 0 Å². The number of hydrogen-bond donors (Lipinski definition) is 0. The Morgan fingerprint density at radius 1 is 1.08 bits per heavy atom. The molecule has 0 bridgehead atoms. The first-order valence-electron chi connectivity index (χ1n) is 7.92. The van der Waals surface area contributed by atoms with Crippen LogP contribution in [0.25, 0.3) is 5.69 Å². The molecule has 3 rings (SSSR count). The Balaban J connectivity index is 1.84. The second-order valence-corrected chi connectivity index (χ2v) is 6.80. The van der Waals surface area contributed by atoms with E-state index in [9.17, 15) is 9.59 Å². The smallest absolute Gasteiger partial charge is 0.287 e. The molecular weight excluding hydrogens is 332 g/mol. The number of aromatic nitrogens is 2. The van der Waals surface area contributed by atoms with Gasteiger partial charge in [0.1, 0.15) is 0 Å². The van der Waals surface area contributed by atoms with Crippen molar-refractivity contribution in [2.24, 2.45) is 0 Å². The van der Waals surface area contributed by atoms with Crippen molar-refractivity contribution in [2.45, 2.75) is 18.9 Å². The quantitative estimate of drug-likeness (QED) is 0.518. The van der Waals surface area contributed by atoms with Gasteiger partial charge in [-0.1, -0.05) is 48.2 Å². The number of nitrogens with zero attached hydrogens (tertiary/aromatic N) is 2. The van der Waals surface area contributed by atoms with Crippen molar-refractivity contribution in [1.82, 2.24) is 9.55 Å². The Morgan fingerprint density at radius 3 is 2.44 bits per heavy atom. The first-order valence-corrected chi connectivity index (χ1v) is 8.90. The van der Waals surface area contributed by atoms with E-state index in [-0.39, 0.29) is 17.1 Å². The van der Waals surface area contributed by atoms with Gasteiger partial charge in [0.25, 0.3) is 5.56 Å². The second-order valence-electron chi connectivity index (χ2n) is 5.83. The van der Waals surface area contributed by atoms with Crippen LogP contribution in [0.3, 0.4) is 0 Å². The Morgan fingerprint density at radius 2 is 1.76 bits per heavy atom. The third-order valence-corrected chi connectivity index (χ3v) is 4.69. The van der Waals surface area contributed by atoms with Gasteiger partial charge >= 0.3 is 0 Å². The normalized spacial score (nSPS) is 10.6. The predicted molar refractivity (Wildman–Crippen MR) is 101 cm³/mol. The molecule has 0 unspecified atom stereocenters. The van der Waals surface area contributed by atoms with Crippen LogP contribution < -0.4 is 5.56 Å². The van der Waals surface area contributed by atoms with Gasteiger partial charge in [-0.05, 0) is 37.1 Å². The maximum absolute atomic E-state index is 12.7. The minimum absolute atomic E-state index is 0.0198. The fourth-order valence-corrected chi connectivity index (χ4v) is 3.42. The summed E-state index contributed by atoms with van der Waals surface area (Å²) >= 11 is 1.17. The minimum Gasteiger partial charge on any atom is -0.293 e. The number of ketones is 1. The van der Waals surface area contributed by atoms with Crippen LogP contribution >= 0.6 is 11.8 Å². The third kappa shape index (κ3) is 4.06. The fraction of sp³-hybridized carbons (Fsp3) is 0.150. The monoisotopic (exact) mass is 350 g/mol. The number of thioether (sulfide) groups is 1. The molecule has 0 saturated carbocycles. The average molecular weight is 350 g/mol. The van der Waals surface area contributed by atoms with E-state index in [1.54, 1.807) is 29.1 Å². The van der Waals surface area contributed by atoms with Crippen LogP contribution in [0, 0.1) is 13.8 Å². The first kappa shape index (κ1) is 17.2. The molecule has 0 spiro atoms. The van der Waals surface area contributed by atoms with E-state index in [1.165, 1.54) is 11.8 Å². The number of benzene rings is 2. The molecule has 0 aliphatic rings. The summed E-state index contributed by atoms with van der Waals surface area (Å²) < 4.78 is 1.57. The summed E-state index contributed by atoms with van der Waals surface area (Å²) in [5, 5.41) is 0.325. The number of carbonyl (C=O) groups is 1. The van der Waals surface area contributed by atoms with Gasteiger partial charge in [0.2, 0.25) is 0 Å². The van der Waals surface area contributed by atoms with Gasteiger partial charge in [0.15, 0.2) is 10.8 Å². The van der Waals surface area contributed by atoms with Crippen molar-refractivity contribution in [3.63, 3.8) is 0 Å². The molecule has 1 heterocycles. The molecule has 0 saturated heterocycles. The second kappa shape index (κ2) is 7.49. The van der Waals surface area contributed by atoms with E-state index in [0.29, 0.717) is 10.6 Å². The van der Waals surface area contributed by atoms with Crippen LogP contribution in [-0.2, 0) is 0 Å². The summed E-state index contributed by atoms with van der Waals surface area (Å²) in [7, 11) is 0. The lowest BCUT2D eigenvalue weighted by atomic mass is 10.1. The zero-order valence-electron chi connectivity index (χ0n) is 14.1. The summed E-state index contributed by atoms with van der Waals surface area (Å²) in [5.74, 6) is 0.164. The minimum atomic E-state index is -0.210. The van der Waals surface area contributed by atoms with Crippen molar-refractivity contribution in [3.05, 3.63) is 88.0 Å². The van der Waals surface area contributed by atoms with Gasteiger partial charge in [-0.3, -0.25) is 14.2 Å². The molecule has 5 heteroatoms. The third-order valence-electron chi connectivity index (χ3n) is 3.73. The first-order chi connectivity index (χ1) is 12.0. The van der Waals surface area contributed by atoms with Gasteiger partial charge in [0, 0.05) is 23.6 Å². The predicted octanol–water partition coefficient (Wildman–Crippen LogP) is 3.82. The topological polar surface area (TPSA) is 52.0 Å². The molecule has 0 atom stereocenters. The van der Waals surface area contributed by atoms with Gasteiger partial charge < -0.3 is 0 Å². The van der Waals surface area contributed by atoms with Gasteiger partial charge in [-0.15, -0.1) is 0 Å². The summed E-state index contributed by atoms with van der Waals surface area (Å²) in [6, 6.07) is 15.0. The zero-order valence-corrected chi connectivity index (χ0v) is 14.9. The summed E-state index contributed by atoms with van der Waals surface area (Å²) in [6.07, 6.45) is 3.24. The van der Waals surface area contributed by atoms with Gasteiger partial charge in [-0.25, -0.2) is 4.98 Å². The summed E-state index contributed by atoms with van der Waals surface area (Å²) in [6.45, 7) is 3.99. The maximum Gasteiger partial charge on any atom is 0.287 e. The van der Waals surface area contributed by atoms with Crippen molar-refractivity contribution >= 4 is 17.5 Å². The highest BCUT2D eigenvalue weighted by Gasteiger charge is 2.11. The SMILES string of the molecule is Cc1cc(C)cc(-n2ccnc(SCC(=O)c3ccccc3)c2=O)c1. The number of Topliss-reactive ketones (excluding diaryl/α,β-unsaturated/α-hetero) is 1. The molecule has 126 valence electrons. The summed E-state index contributed by atoms with van der Waals surface area (Å²) in [4.78, 5) is 29.1. The van der Waals surface area contributed by atoms with Crippen molar-refractivity contribution < 1.29 is 4.79 Å². The lowest BCUT2D eigenvalue weighted by Gasteiger charge is -2.09. The molecule has 0 aliphatic carbocycles. The van der Waals surface area contributed by atoms with Crippen LogP contribution in [0.2, 0.25) is 0 Å². The van der Waals surface area contributed by atoms with Gasteiger partial charge in [-0.2, -0.15) is 0 Å². The van der Waals surface area contributed by atoms with Gasteiger partial charge in [0.05, 0.1) is 5.75 Å². The Labute approximate surface area is 150 Å². The van der Waals surface area contributed by atoms with Crippen molar-refractivity contribution in [3.8, 4) is 5.69 Å². The lowest BCUT2D eigenvalue weighted by Crippen LogP contribution is -2.21. The van der Waals surface area contributed by atoms with E-state index in [1.807, 2.05) is 44.2 Å². The van der Waals surface area contributed by atoms with E-state index in [2.05, 4.69) is 11.1 Å². The molecule has 0 amide bonds. The molecule has 0 N–H and O–H groups in total. The van der Waals surface area contributed by atoms with E-state index in [4.69, 9.17) is 0 Å². The lowest BCUT2D eigenvalue weighted by molar-refractivity contribution is 0.102. The Bertz CT molecular complexity index is 945. The highest BCUT2D eigenvalue weighted by molar-refractivity contribution is 7.99. The van der Waals surface area contributed by atoms with E-state index >= 15 is 0 Å². The number of aryl methyl sites for hydroxylation is 2. The molecular formula is C20H18N2O2S. The molecule has 0 radical (unpaired) electrons. The number of rotatable bonds is 5.